The van der Waals surface area contributed by atoms with Crippen LogP contribution in [0.4, 0.5) is 4.39 Å². The summed E-state index contributed by atoms with van der Waals surface area (Å²) in [6, 6.07) is 14.6. The molecular weight excluding hydrogens is 461 g/mol. The van der Waals surface area contributed by atoms with Crippen LogP contribution < -0.4 is 5.32 Å². The second-order valence-electron chi connectivity index (χ2n) is 9.50. The molecule has 0 radical (unpaired) electrons. The Kier molecular flexibility index (Phi) is 5.98. The number of para-hydroxylation sites is 1. The first kappa shape index (κ1) is 22.8. The number of amides is 1. The summed E-state index contributed by atoms with van der Waals surface area (Å²) >= 11 is 0. The molecule has 4 heterocycles. The van der Waals surface area contributed by atoms with Gasteiger partial charge < -0.3 is 10.1 Å². The zero-order chi connectivity index (χ0) is 24.6. The Morgan fingerprint density at radius 3 is 2.75 bits per heavy atom. The SMILES string of the molecule is Cn1nc(C(=O)NC2CCN(Cc3nnn4c3CO[C@H](c3ccccc3F)C4)CC2)c2ccccc21. The molecule has 0 spiro atoms. The van der Waals surface area contributed by atoms with Gasteiger partial charge in [0, 0.05) is 43.7 Å². The van der Waals surface area contributed by atoms with Crippen molar-refractivity contribution in [1.29, 1.82) is 0 Å². The third-order valence-electron chi connectivity index (χ3n) is 7.20. The molecule has 0 aliphatic carbocycles. The van der Waals surface area contributed by atoms with Gasteiger partial charge in [-0.25, -0.2) is 9.07 Å². The number of aromatic nitrogens is 5. The Balaban J connectivity index is 1.05. The minimum atomic E-state index is -0.371. The predicted octanol–water partition coefficient (Wildman–Crippen LogP) is 2.97. The molecule has 10 heteroatoms. The fraction of sp³-hybridized carbons (Fsp3) is 0.385. The van der Waals surface area contributed by atoms with Gasteiger partial charge in [-0.2, -0.15) is 5.10 Å². The molecule has 0 bridgehead atoms. The van der Waals surface area contributed by atoms with Gasteiger partial charge in [-0.1, -0.05) is 41.6 Å². The highest BCUT2D eigenvalue weighted by molar-refractivity contribution is 6.04. The van der Waals surface area contributed by atoms with Crippen LogP contribution in [0.3, 0.4) is 0 Å². The normalized spacial score (nSPS) is 18.9. The Bertz CT molecular complexity index is 1410. The maximum atomic E-state index is 14.2. The number of halogens is 1. The van der Waals surface area contributed by atoms with Crippen molar-refractivity contribution in [3.8, 4) is 0 Å². The molecule has 2 aliphatic heterocycles. The lowest BCUT2D eigenvalue weighted by atomic mass is 10.0. The van der Waals surface area contributed by atoms with Crippen molar-refractivity contribution in [3.05, 3.63) is 77.0 Å². The van der Waals surface area contributed by atoms with Crippen LogP contribution in [-0.4, -0.2) is 54.7 Å². The quantitative estimate of drug-likeness (QED) is 0.464. The van der Waals surface area contributed by atoms with Crippen LogP contribution in [0.25, 0.3) is 10.9 Å². The van der Waals surface area contributed by atoms with Crippen molar-refractivity contribution in [1.82, 2.24) is 35.0 Å². The second-order valence-corrected chi connectivity index (χ2v) is 9.50. The van der Waals surface area contributed by atoms with E-state index in [1.807, 2.05) is 42.1 Å². The molecule has 1 N–H and O–H groups in total. The molecule has 186 valence electrons. The van der Waals surface area contributed by atoms with Gasteiger partial charge in [0.25, 0.3) is 5.91 Å². The summed E-state index contributed by atoms with van der Waals surface area (Å²) in [7, 11) is 1.85. The van der Waals surface area contributed by atoms with Crippen molar-refractivity contribution in [2.24, 2.45) is 7.05 Å². The van der Waals surface area contributed by atoms with E-state index >= 15 is 0 Å². The molecule has 2 aliphatic rings. The first-order valence-corrected chi connectivity index (χ1v) is 12.3. The fourth-order valence-corrected chi connectivity index (χ4v) is 5.19. The maximum Gasteiger partial charge on any atom is 0.272 e. The van der Waals surface area contributed by atoms with Crippen molar-refractivity contribution < 1.29 is 13.9 Å². The van der Waals surface area contributed by atoms with Crippen LogP contribution in [0.15, 0.2) is 48.5 Å². The molecule has 36 heavy (non-hydrogen) atoms. The molecule has 1 amide bonds. The van der Waals surface area contributed by atoms with Gasteiger partial charge in [0.05, 0.1) is 24.4 Å². The maximum absolute atomic E-state index is 14.2. The number of nitrogens with one attached hydrogen (secondary N) is 1. The lowest BCUT2D eigenvalue weighted by Crippen LogP contribution is -2.44. The van der Waals surface area contributed by atoms with Crippen LogP contribution in [-0.2, 0) is 31.5 Å². The van der Waals surface area contributed by atoms with Crippen molar-refractivity contribution in [3.63, 3.8) is 0 Å². The van der Waals surface area contributed by atoms with Gasteiger partial charge in [0.1, 0.15) is 17.6 Å². The van der Waals surface area contributed by atoms with E-state index in [-0.39, 0.29) is 23.9 Å². The summed E-state index contributed by atoms with van der Waals surface area (Å²) in [5.41, 5.74) is 3.80. The number of benzene rings is 2. The molecule has 4 aromatic rings. The molecule has 1 atom stereocenters. The van der Waals surface area contributed by atoms with E-state index in [4.69, 9.17) is 4.74 Å². The number of carbonyl (C=O) groups is 1. The average Bonchev–Trinajstić information content (AvgIpc) is 3.46. The topological polar surface area (TPSA) is 90.1 Å². The van der Waals surface area contributed by atoms with Gasteiger partial charge in [0.2, 0.25) is 0 Å². The number of piperidine rings is 1. The number of nitrogens with zero attached hydrogens (tertiary/aromatic N) is 6. The van der Waals surface area contributed by atoms with E-state index in [1.165, 1.54) is 6.07 Å². The molecule has 1 fully saturated rings. The highest BCUT2D eigenvalue weighted by atomic mass is 19.1. The third-order valence-corrected chi connectivity index (χ3v) is 7.20. The monoisotopic (exact) mass is 489 g/mol. The highest BCUT2D eigenvalue weighted by Gasteiger charge is 2.29. The van der Waals surface area contributed by atoms with Crippen LogP contribution in [0.1, 0.15) is 46.4 Å². The number of rotatable bonds is 5. The predicted molar refractivity (Wildman–Crippen MR) is 130 cm³/mol. The number of hydrogen-bond donors (Lipinski definition) is 1. The van der Waals surface area contributed by atoms with E-state index in [1.54, 1.807) is 16.8 Å². The number of fused-ring (bicyclic) bond motifs is 2. The van der Waals surface area contributed by atoms with Gasteiger partial charge in [-0.15, -0.1) is 5.10 Å². The first-order valence-electron chi connectivity index (χ1n) is 12.3. The zero-order valence-electron chi connectivity index (χ0n) is 20.1. The lowest BCUT2D eigenvalue weighted by molar-refractivity contribution is -0.00414. The summed E-state index contributed by atoms with van der Waals surface area (Å²) in [5.74, 6) is -0.392. The second kappa shape index (κ2) is 9.44. The fourth-order valence-electron chi connectivity index (χ4n) is 5.19. The Morgan fingerprint density at radius 2 is 1.92 bits per heavy atom. The molecule has 6 rings (SSSR count). The Labute approximate surface area is 207 Å². The van der Waals surface area contributed by atoms with Crippen LogP contribution >= 0.6 is 0 Å². The largest absolute Gasteiger partial charge is 0.365 e. The summed E-state index contributed by atoms with van der Waals surface area (Å²) in [4.78, 5) is 15.3. The number of aryl methyl sites for hydroxylation is 1. The molecule has 0 saturated carbocycles. The summed E-state index contributed by atoms with van der Waals surface area (Å²) in [5, 5.41) is 17.2. The molecule has 1 saturated heterocycles. The van der Waals surface area contributed by atoms with E-state index < -0.39 is 0 Å². The molecule has 2 aromatic heterocycles. The van der Waals surface area contributed by atoms with Gasteiger partial charge in [-0.05, 0) is 25.0 Å². The molecule has 9 nitrogen and oxygen atoms in total. The van der Waals surface area contributed by atoms with Gasteiger partial charge in [-0.3, -0.25) is 14.4 Å². The summed E-state index contributed by atoms with van der Waals surface area (Å²) < 4.78 is 23.7. The third kappa shape index (κ3) is 4.27. The summed E-state index contributed by atoms with van der Waals surface area (Å²) in [6.07, 6.45) is 1.33. The standard InChI is InChI=1S/C26H28FN7O2/c1-32-22-9-5-3-7-19(22)25(30-32)26(35)28-17-10-12-33(13-11-17)14-21-23-16-36-24(15-34(23)31-29-21)18-6-2-4-8-20(18)27/h2-9,17,24H,10-16H2,1H3,(H,28,35)/t24-/m0/s1. The Hall–Kier alpha value is -3.63. The van der Waals surface area contributed by atoms with Crippen LogP contribution in [0.2, 0.25) is 0 Å². The number of likely N-dealkylation sites (tertiary alicyclic amines) is 1. The number of hydrogen-bond acceptors (Lipinski definition) is 6. The van der Waals surface area contributed by atoms with E-state index in [0.717, 1.165) is 48.2 Å². The van der Waals surface area contributed by atoms with E-state index in [0.29, 0.717) is 31.0 Å². The van der Waals surface area contributed by atoms with Crippen molar-refractivity contribution in [2.45, 2.75) is 44.7 Å². The summed E-state index contributed by atoms with van der Waals surface area (Å²) in [6.45, 7) is 3.16. The molecule has 0 unspecified atom stereocenters. The number of carbonyl (C=O) groups excluding carboxylic acids is 1. The minimum absolute atomic E-state index is 0.105. The lowest BCUT2D eigenvalue weighted by Gasteiger charge is -2.32. The van der Waals surface area contributed by atoms with Gasteiger partial charge >= 0.3 is 0 Å². The highest BCUT2D eigenvalue weighted by Crippen LogP contribution is 2.29. The van der Waals surface area contributed by atoms with Crippen LogP contribution in [0, 0.1) is 5.82 Å². The van der Waals surface area contributed by atoms with E-state index in [9.17, 15) is 9.18 Å². The average molecular weight is 490 g/mol. The molecule has 2 aromatic carbocycles. The van der Waals surface area contributed by atoms with Crippen molar-refractivity contribution in [2.75, 3.05) is 13.1 Å². The van der Waals surface area contributed by atoms with Gasteiger partial charge in [0.15, 0.2) is 5.69 Å². The first-order chi connectivity index (χ1) is 17.6. The number of ether oxygens (including phenoxy) is 1. The van der Waals surface area contributed by atoms with Crippen LogP contribution in [0.5, 0.6) is 0 Å². The smallest absolute Gasteiger partial charge is 0.272 e. The van der Waals surface area contributed by atoms with E-state index in [2.05, 4.69) is 25.6 Å². The molecular formula is C26H28FN7O2. The van der Waals surface area contributed by atoms with Crippen molar-refractivity contribution >= 4 is 16.8 Å². The minimum Gasteiger partial charge on any atom is -0.365 e. The zero-order valence-corrected chi connectivity index (χ0v) is 20.1. The Morgan fingerprint density at radius 1 is 1.14 bits per heavy atom.